The van der Waals surface area contributed by atoms with Crippen molar-refractivity contribution in [2.45, 2.75) is 25.8 Å². The first kappa shape index (κ1) is 11.4. The fourth-order valence-corrected chi connectivity index (χ4v) is 2.31. The van der Waals surface area contributed by atoms with Gasteiger partial charge in [0.2, 0.25) is 5.91 Å². The molecule has 0 aromatic rings. The lowest BCUT2D eigenvalue weighted by atomic mass is 9.98. The average molecular weight is 226 g/mol. The summed E-state index contributed by atoms with van der Waals surface area (Å²) in [5.74, 6) is -0.210. The number of unbranched alkanes of at least 4 members (excludes halogenated alkanes) is 1. The number of hydrogen-bond donors (Lipinski definition) is 0. The van der Waals surface area contributed by atoms with Crippen LogP contribution in [0.5, 0.6) is 0 Å². The highest BCUT2D eigenvalue weighted by Gasteiger charge is 2.47. The molecular weight excluding hydrogens is 208 g/mol. The van der Waals surface area contributed by atoms with E-state index in [9.17, 15) is 9.59 Å². The number of carbonyl (C=O) groups excluding carboxylic acids is 2. The first-order valence-corrected chi connectivity index (χ1v) is 5.82. The molecule has 0 bridgehead atoms. The van der Waals surface area contributed by atoms with E-state index in [1.54, 1.807) is 11.9 Å². The van der Waals surface area contributed by atoms with Crippen LogP contribution in [0.2, 0.25) is 0 Å². The standard InChI is InChI=1S/C11H18N2O3/c1-3-4-5-13-10(14)8-6-16-7-9(8)12(2)11(13)15/h8-9H,3-7H2,1-2H3. The van der Waals surface area contributed by atoms with Gasteiger partial charge in [0.05, 0.1) is 25.2 Å². The molecule has 2 rings (SSSR count). The van der Waals surface area contributed by atoms with E-state index in [1.807, 2.05) is 6.92 Å². The molecule has 2 unspecified atom stereocenters. The van der Waals surface area contributed by atoms with Gasteiger partial charge in [-0.3, -0.25) is 9.69 Å². The third-order valence-electron chi connectivity index (χ3n) is 3.40. The third-order valence-corrected chi connectivity index (χ3v) is 3.40. The first-order valence-electron chi connectivity index (χ1n) is 5.82. The Labute approximate surface area is 95.3 Å². The normalized spacial score (nSPS) is 29.9. The maximum Gasteiger partial charge on any atom is 0.326 e. The van der Waals surface area contributed by atoms with Gasteiger partial charge >= 0.3 is 6.03 Å². The Bertz CT molecular complexity index is 306. The van der Waals surface area contributed by atoms with Crippen molar-refractivity contribution in [1.29, 1.82) is 0 Å². The first-order chi connectivity index (χ1) is 7.66. The highest BCUT2D eigenvalue weighted by Crippen LogP contribution is 2.27. The number of imide groups is 1. The Hall–Kier alpha value is -1.10. The smallest absolute Gasteiger partial charge is 0.326 e. The predicted octanol–water partition coefficient (Wildman–Crippen LogP) is 0.695. The summed E-state index contributed by atoms with van der Waals surface area (Å²) < 4.78 is 5.29. The molecule has 5 nitrogen and oxygen atoms in total. The van der Waals surface area contributed by atoms with Gasteiger partial charge in [0.25, 0.3) is 0 Å². The molecule has 2 fully saturated rings. The van der Waals surface area contributed by atoms with Crippen LogP contribution >= 0.6 is 0 Å². The summed E-state index contributed by atoms with van der Waals surface area (Å²) in [4.78, 5) is 27.0. The molecule has 2 saturated heterocycles. The van der Waals surface area contributed by atoms with Crippen LogP contribution in [0.1, 0.15) is 19.8 Å². The van der Waals surface area contributed by atoms with Crippen LogP contribution in [-0.2, 0) is 9.53 Å². The maximum atomic E-state index is 12.1. The Kier molecular flexibility index (Phi) is 3.14. The number of ether oxygens (including phenoxy) is 1. The van der Waals surface area contributed by atoms with Gasteiger partial charge in [-0.2, -0.15) is 0 Å². The lowest BCUT2D eigenvalue weighted by Gasteiger charge is -2.38. The van der Waals surface area contributed by atoms with Crippen LogP contribution in [0.25, 0.3) is 0 Å². The molecule has 0 radical (unpaired) electrons. The third kappa shape index (κ3) is 1.69. The Morgan fingerprint density at radius 1 is 1.38 bits per heavy atom. The van der Waals surface area contributed by atoms with Crippen LogP contribution in [0, 0.1) is 5.92 Å². The van der Waals surface area contributed by atoms with Crippen molar-refractivity contribution in [2.75, 3.05) is 26.8 Å². The molecule has 0 N–H and O–H groups in total. The van der Waals surface area contributed by atoms with Crippen molar-refractivity contribution in [3.05, 3.63) is 0 Å². The van der Waals surface area contributed by atoms with Crippen molar-refractivity contribution in [1.82, 2.24) is 9.80 Å². The summed E-state index contributed by atoms with van der Waals surface area (Å²) in [6.07, 6.45) is 1.84. The van der Waals surface area contributed by atoms with Gasteiger partial charge in [-0.1, -0.05) is 13.3 Å². The summed E-state index contributed by atoms with van der Waals surface area (Å²) in [5, 5.41) is 0. The molecule has 5 heteroatoms. The minimum Gasteiger partial charge on any atom is -0.378 e. The summed E-state index contributed by atoms with van der Waals surface area (Å²) >= 11 is 0. The second-order valence-corrected chi connectivity index (χ2v) is 4.45. The van der Waals surface area contributed by atoms with Gasteiger partial charge in [0.15, 0.2) is 0 Å². The Morgan fingerprint density at radius 2 is 2.12 bits per heavy atom. The second kappa shape index (κ2) is 4.41. The monoisotopic (exact) mass is 226 g/mol. The number of rotatable bonds is 3. The van der Waals surface area contributed by atoms with Gasteiger partial charge in [-0.15, -0.1) is 0 Å². The van der Waals surface area contributed by atoms with Crippen LogP contribution in [-0.4, -0.2) is 54.6 Å². The number of urea groups is 1. The second-order valence-electron chi connectivity index (χ2n) is 4.45. The van der Waals surface area contributed by atoms with Gasteiger partial charge in [0.1, 0.15) is 0 Å². The summed E-state index contributed by atoms with van der Waals surface area (Å²) in [6.45, 7) is 3.51. The summed E-state index contributed by atoms with van der Waals surface area (Å²) in [7, 11) is 1.75. The molecule has 0 aliphatic carbocycles. The number of likely N-dealkylation sites (N-methyl/N-ethyl adjacent to an activating group) is 1. The molecular formula is C11H18N2O3. The Balaban J connectivity index is 2.13. The lowest BCUT2D eigenvalue weighted by Crippen LogP contribution is -2.60. The highest BCUT2D eigenvalue weighted by molar-refractivity contribution is 5.98. The number of carbonyl (C=O) groups is 2. The molecule has 3 amide bonds. The van der Waals surface area contributed by atoms with Crippen molar-refractivity contribution in [2.24, 2.45) is 5.92 Å². The van der Waals surface area contributed by atoms with Crippen molar-refractivity contribution >= 4 is 11.9 Å². The van der Waals surface area contributed by atoms with E-state index in [4.69, 9.17) is 4.74 Å². The van der Waals surface area contributed by atoms with Gasteiger partial charge in [0, 0.05) is 13.6 Å². The SMILES string of the molecule is CCCCN1C(=O)C2COCC2N(C)C1=O. The van der Waals surface area contributed by atoms with Crippen molar-refractivity contribution in [3.63, 3.8) is 0 Å². The quantitative estimate of drug-likeness (QED) is 0.711. The van der Waals surface area contributed by atoms with Crippen LogP contribution in [0.3, 0.4) is 0 Å². The van der Waals surface area contributed by atoms with E-state index in [2.05, 4.69) is 0 Å². The van der Waals surface area contributed by atoms with Crippen molar-refractivity contribution in [3.8, 4) is 0 Å². The van der Waals surface area contributed by atoms with Gasteiger partial charge in [-0.25, -0.2) is 4.79 Å². The molecule has 0 saturated carbocycles. The highest BCUT2D eigenvalue weighted by atomic mass is 16.5. The molecule has 16 heavy (non-hydrogen) atoms. The number of amides is 3. The van der Waals surface area contributed by atoms with Crippen LogP contribution in [0.4, 0.5) is 4.79 Å². The predicted molar refractivity (Wildman–Crippen MR) is 57.9 cm³/mol. The molecule has 2 aliphatic heterocycles. The molecule has 0 aromatic carbocycles. The largest absolute Gasteiger partial charge is 0.378 e. The zero-order valence-electron chi connectivity index (χ0n) is 9.81. The van der Waals surface area contributed by atoms with E-state index < -0.39 is 0 Å². The van der Waals surface area contributed by atoms with Gasteiger partial charge < -0.3 is 9.64 Å². The average Bonchev–Trinajstić information content (AvgIpc) is 2.75. The molecule has 2 heterocycles. The summed E-state index contributed by atoms with van der Waals surface area (Å²) in [6, 6.07) is -0.233. The molecule has 0 spiro atoms. The number of fused-ring (bicyclic) bond motifs is 1. The topological polar surface area (TPSA) is 49.9 Å². The zero-order chi connectivity index (χ0) is 11.7. The molecule has 2 atom stereocenters. The van der Waals surface area contributed by atoms with Crippen molar-refractivity contribution < 1.29 is 14.3 Å². The number of nitrogens with zero attached hydrogens (tertiary/aromatic N) is 2. The van der Waals surface area contributed by atoms with E-state index in [0.29, 0.717) is 19.8 Å². The molecule has 0 aromatic heterocycles. The maximum absolute atomic E-state index is 12.1. The minimum absolute atomic E-state index is 0.0564. The zero-order valence-corrected chi connectivity index (χ0v) is 9.81. The lowest BCUT2D eigenvalue weighted by molar-refractivity contribution is -0.136. The van der Waals surface area contributed by atoms with Crippen LogP contribution < -0.4 is 0 Å². The minimum atomic E-state index is -0.176. The number of hydrogen-bond acceptors (Lipinski definition) is 3. The van der Waals surface area contributed by atoms with Crippen LogP contribution in [0.15, 0.2) is 0 Å². The Morgan fingerprint density at radius 3 is 2.81 bits per heavy atom. The fraction of sp³-hybridized carbons (Fsp3) is 0.818. The van der Waals surface area contributed by atoms with Gasteiger partial charge in [-0.05, 0) is 6.42 Å². The van der Waals surface area contributed by atoms with E-state index in [1.165, 1.54) is 4.90 Å². The molecule has 90 valence electrons. The fourth-order valence-electron chi connectivity index (χ4n) is 2.31. The molecule has 2 aliphatic rings. The van der Waals surface area contributed by atoms with E-state index in [0.717, 1.165) is 12.8 Å². The van der Waals surface area contributed by atoms with E-state index >= 15 is 0 Å². The summed E-state index contributed by atoms with van der Waals surface area (Å²) in [5.41, 5.74) is 0. The van der Waals surface area contributed by atoms with E-state index in [-0.39, 0.29) is 23.9 Å².